The third-order valence-corrected chi connectivity index (χ3v) is 4.07. The zero-order chi connectivity index (χ0) is 15.2. The fraction of sp³-hybridized carbons (Fsp3) is 0.267. The maximum absolute atomic E-state index is 12.2. The number of carbonyl (C=O) groups excluding carboxylic acids is 1. The molecular weight excluding hydrogens is 288 g/mol. The highest BCUT2D eigenvalue weighted by Gasteiger charge is 2.16. The number of thioether (sulfide) groups is 1. The number of anilines is 2. The predicted molar refractivity (Wildman–Crippen MR) is 85.5 cm³/mol. The molecule has 1 aromatic carbocycles. The largest absolute Gasteiger partial charge is 0.495 e. The Balaban J connectivity index is 1.95. The second-order valence-corrected chi connectivity index (χ2v) is 5.81. The summed E-state index contributed by atoms with van der Waals surface area (Å²) in [7, 11) is 1.55. The van der Waals surface area contributed by atoms with Gasteiger partial charge in [-0.2, -0.15) is 0 Å². The summed E-state index contributed by atoms with van der Waals surface area (Å²) in [5.74, 6) is 1.98. The van der Waals surface area contributed by atoms with Crippen molar-refractivity contribution in [1.29, 1.82) is 0 Å². The number of hydrogen-bond donors (Lipinski definition) is 2. The number of benzene rings is 1. The van der Waals surface area contributed by atoms with Crippen molar-refractivity contribution in [2.45, 2.75) is 17.9 Å². The van der Waals surface area contributed by atoms with Crippen molar-refractivity contribution in [2.24, 2.45) is 0 Å². The Morgan fingerprint density at radius 2 is 2.29 bits per heavy atom. The van der Waals surface area contributed by atoms with Crippen LogP contribution in [0.4, 0.5) is 11.4 Å². The molecule has 1 unspecified atom stereocenters. The maximum atomic E-state index is 12.2. The van der Waals surface area contributed by atoms with Crippen LogP contribution in [0.15, 0.2) is 41.0 Å². The zero-order valence-electron chi connectivity index (χ0n) is 12.0. The number of nitrogens with two attached hydrogens (primary N) is 1. The normalized spacial score (nSPS) is 11.9. The van der Waals surface area contributed by atoms with Gasteiger partial charge in [0.1, 0.15) is 11.5 Å². The van der Waals surface area contributed by atoms with E-state index >= 15 is 0 Å². The van der Waals surface area contributed by atoms with Crippen LogP contribution in [-0.4, -0.2) is 18.3 Å². The quantitative estimate of drug-likeness (QED) is 0.802. The molecule has 0 radical (unpaired) electrons. The molecule has 6 heteroatoms. The summed E-state index contributed by atoms with van der Waals surface area (Å²) in [6.07, 6.45) is 1.62. The molecule has 5 nitrogen and oxygen atoms in total. The molecule has 2 rings (SSSR count). The molecule has 2 aromatic rings. The topological polar surface area (TPSA) is 77.5 Å². The molecule has 3 N–H and O–H groups in total. The van der Waals surface area contributed by atoms with Crippen LogP contribution in [0.25, 0.3) is 0 Å². The summed E-state index contributed by atoms with van der Waals surface area (Å²) < 4.78 is 10.5. The van der Waals surface area contributed by atoms with Gasteiger partial charge in [0.15, 0.2) is 0 Å². The van der Waals surface area contributed by atoms with Crippen molar-refractivity contribution >= 4 is 29.0 Å². The summed E-state index contributed by atoms with van der Waals surface area (Å²) in [6, 6.07) is 8.85. The first-order valence-corrected chi connectivity index (χ1v) is 7.53. The predicted octanol–water partition coefficient (Wildman–Crippen LogP) is 3.13. The van der Waals surface area contributed by atoms with E-state index in [-0.39, 0.29) is 11.2 Å². The third-order valence-electron chi connectivity index (χ3n) is 2.91. The molecule has 0 bridgehead atoms. The molecule has 0 saturated heterocycles. The first-order valence-electron chi connectivity index (χ1n) is 6.48. The zero-order valence-corrected chi connectivity index (χ0v) is 12.8. The number of furan rings is 1. The van der Waals surface area contributed by atoms with Crippen LogP contribution in [-0.2, 0) is 10.5 Å². The van der Waals surface area contributed by atoms with Gasteiger partial charge in [0.2, 0.25) is 5.91 Å². The Morgan fingerprint density at radius 1 is 1.48 bits per heavy atom. The van der Waals surface area contributed by atoms with E-state index < -0.39 is 0 Å². The number of hydrogen-bond acceptors (Lipinski definition) is 5. The molecule has 1 atom stereocenters. The molecule has 1 aromatic heterocycles. The van der Waals surface area contributed by atoms with Gasteiger partial charge in [-0.1, -0.05) is 0 Å². The fourth-order valence-electron chi connectivity index (χ4n) is 1.74. The lowest BCUT2D eigenvalue weighted by atomic mass is 10.2. The van der Waals surface area contributed by atoms with E-state index in [4.69, 9.17) is 14.9 Å². The fourth-order valence-corrected chi connectivity index (χ4v) is 2.52. The molecule has 0 fully saturated rings. The summed E-state index contributed by atoms with van der Waals surface area (Å²) >= 11 is 1.50. The summed E-state index contributed by atoms with van der Waals surface area (Å²) in [5, 5.41) is 2.62. The van der Waals surface area contributed by atoms with E-state index in [0.717, 1.165) is 5.76 Å². The molecule has 112 valence electrons. The molecule has 0 aliphatic carbocycles. The minimum Gasteiger partial charge on any atom is -0.495 e. The minimum atomic E-state index is -0.221. The smallest absolute Gasteiger partial charge is 0.237 e. The Kier molecular flexibility index (Phi) is 5.16. The van der Waals surface area contributed by atoms with Gasteiger partial charge >= 0.3 is 0 Å². The first-order chi connectivity index (χ1) is 10.1. The van der Waals surface area contributed by atoms with E-state index in [1.54, 1.807) is 31.6 Å². The van der Waals surface area contributed by atoms with Crippen molar-refractivity contribution in [3.63, 3.8) is 0 Å². The number of carbonyl (C=O) groups is 1. The summed E-state index contributed by atoms with van der Waals surface area (Å²) in [4.78, 5) is 12.2. The second-order valence-electron chi connectivity index (χ2n) is 4.48. The Hall–Kier alpha value is -2.08. The highest BCUT2D eigenvalue weighted by atomic mass is 32.2. The van der Waals surface area contributed by atoms with Gasteiger partial charge in [-0.25, -0.2) is 0 Å². The monoisotopic (exact) mass is 306 g/mol. The lowest BCUT2D eigenvalue weighted by molar-refractivity contribution is -0.115. The Morgan fingerprint density at radius 3 is 2.95 bits per heavy atom. The van der Waals surface area contributed by atoms with E-state index in [1.807, 2.05) is 19.1 Å². The van der Waals surface area contributed by atoms with Crippen LogP contribution in [0.3, 0.4) is 0 Å². The number of ether oxygens (including phenoxy) is 1. The van der Waals surface area contributed by atoms with E-state index in [0.29, 0.717) is 22.9 Å². The van der Waals surface area contributed by atoms with Crippen LogP contribution in [0.2, 0.25) is 0 Å². The van der Waals surface area contributed by atoms with Gasteiger partial charge in [0, 0.05) is 5.69 Å². The van der Waals surface area contributed by atoms with Gasteiger partial charge < -0.3 is 20.2 Å². The average molecular weight is 306 g/mol. The highest BCUT2D eigenvalue weighted by molar-refractivity contribution is 7.99. The van der Waals surface area contributed by atoms with Crippen LogP contribution in [0.1, 0.15) is 12.7 Å². The van der Waals surface area contributed by atoms with E-state index in [9.17, 15) is 4.79 Å². The maximum Gasteiger partial charge on any atom is 0.237 e. The summed E-state index contributed by atoms with van der Waals surface area (Å²) in [6.45, 7) is 1.85. The third kappa shape index (κ3) is 4.19. The average Bonchev–Trinajstić information content (AvgIpc) is 2.98. The van der Waals surface area contributed by atoms with Crippen molar-refractivity contribution in [1.82, 2.24) is 0 Å². The molecular formula is C15H18N2O3S. The van der Waals surface area contributed by atoms with E-state index in [2.05, 4.69) is 5.32 Å². The van der Waals surface area contributed by atoms with Gasteiger partial charge in [-0.3, -0.25) is 4.79 Å². The van der Waals surface area contributed by atoms with Crippen LogP contribution in [0.5, 0.6) is 5.75 Å². The Bertz CT molecular complexity index is 599. The molecule has 0 spiro atoms. The van der Waals surface area contributed by atoms with Crippen molar-refractivity contribution in [3.8, 4) is 5.75 Å². The van der Waals surface area contributed by atoms with Gasteiger partial charge in [0.05, 0.1) is 30.1 Å². The van der Waals surface area contributed by atoms with Crippen molar-refractivity contribution < 1.29 is 13.9 Å². The minimum absolute atomic E-state index is 0.101. The Labute approximate surface area is 127 Å². The second kappa shape index (κ2) is 7.08. The summed E-state index contributed by atoms with van der Waals surface area (Å²) in [5.41, 5.74) is 6.88. The number of rotatable bonds is 6. The van der Waals surface area contributed by atoms with Gasteiger partial charge in [-0.05, 0) is 37.3 Å². The van der Waals surface area contributed by atoms with E-state index in [1.165, 1.54) is 11.8 Å². The molecule has 0 aliphatic rings. The number of nitrogen functional groups attached to an aromatic ring is 1. The highest BCUT2D eigenvalue weighted by Crippen LogP contribution is 2.27. The van der Waals surface area contributed by atoms with Crippen molar-refractivity contribution in [2.75, 3.05) is 18.2 Å². The number of nitrogens with one attached hydrogen (secondary N) is 1. The SMILES string of the molecule is COc1ccc(N)cc1NC(=O)C(C)SCc1ccco1. The molecule has 21 heavy (non-hydrogen) atoms. The van der Waals surface area contributed by atoms with Crippen LogP contribution >= 0.6 is 11.8 Å². The van der Waals surface area contributed by atoms with Gasteiger partial charge in [0.25, 0.3) is 0 Å². The lowest BCUT2D eigenvalue weighted by Crippen LogP contribution is -2.23. The molecule has 1 heterocycles. The first kappa shape index (κ1) is 15.3. The van der Waals surface area contributed by atoms with Crippen molar-refractivity contribution in [3.05, 3.63) is 42.4 Å². The standard InChI is InChI=1S/C15H18N2O3S/c1-10(21-9-12-4-3-7-20-12)15(18)17-13-8-11(16)5-6-14(13)19-2/h3-8,10H,9,16H2,1-2H3,(H,17,18). The molecule has 0 saturated carbocycles. The van der Waals surface area contributed by atoms with Gasteiger partial charge in [-0.15, -0.1) is 11.8 Å². The molecule has 0 aliphatic heterocycles. The number of methoxy groups -OCH3 is 1. The lowest BCUT2D eigenvalue weighted by Gasteiger charge is -2.14. The van der Waals surface area contributed by atoms with Crippen LogP contribution < -0.4 is 15.8 Å². The van der Waals surface area contributed by atoms with Crippen LogP contribution in [0, 0.1) is 0 Å². The number of amides is 1. The molecule has 1 amide bonds.